The first-order valence-corrected chi connectivity index (χ1v) is 10.3. The molecule has 7 heteroatoms. The smallest absolute Gasteiger partial charge is 0.340 e. The second kappa shape index (κ2) is 9.83. The maximum absolute atomic E-state index is 14.7. The topological polar surface area (TPSA) is 38.3 Å². The number of nitrogens with one attached hydrogen (secondary N) is 1. The first-order valence-electron chi connectivity index (χ1n) is 9.47. The van der Waals surface area contributed by atoms with Crippen LogP contribution in [0, 0.1) is 17.5 Å². The molecule has 0 aromatic heterocycles. The van der Waals surface area contributed by atoms with Gasteiger partial charge in [-0.2, -0.15) is 0 Å². The van der Waals surface area contributed by atoms with Gasteiger partial charge in [-0.15, -0.1) is 0 Å². The number of carbonyl (C=O) groups excluding carboxylic acids is 1. The summed E-state index contributed by atoms with van der Waals surface area (Å²) < 4.78 is 47.3. The minimum Gasteiger partial charge on any atom is -0.464 e. The standard InChI is InChI=1S/C24H19BrF3NO2/c1-2-31-23(30)24(17-11-7-4-8-12-17,14-13-16-9-5-3-6-10-16)29-22-19(27)15-18(26)21(28)20(22)25/h3-15,29H,2H2,1H3/b14-13+. The molecule has 0 aliphatic rings. The largest absolute Gasteiger partial charge is 0.464 e. The van der Waals surface area contributed by atoms with E-state index in [9.17, 15) is 18.0 Å². The van der Waals surface area contributed by atoms with E-state index in [1.807, 2.05) is 30.3 Å². The molecule has 0 aliphatic heterocycles. The van der Waals surface area contributed by atoms with E-state index in [2.05, 4.69) is 21.2 Å². The molecule has 0 saturated heterocycles. The zero-order valence-corrected chi connectivity index (χ0v) is 18.1. The van der Waals surface area contributed by atoms with E-state index in [0.717, 1.165) is 5.56 Å². The highest BCUT2D eigenvalue weighted by Gasteiger charge is 2.41. The quantitative estimate of drug-likeness (QED) is 0.235. The molecule has 1 N–H and O–H groups in total. The summed E-state index contributed by atoms with van der Waals surface area (Å²) in [4.78, 5) is 13.2. The highest BCUT2D eigenvalue weighted by Crippen LogP contribution is 2.37. The Morgan fingerprint density at radius 3 is 2.26 bits per heavy atom. The summed E-state index contributed by atoms with van der Waals surface area (Å²) >= 11 is 2.90. The highest BCUT2D eigenvalue weighted by molar-refractivity contribution is 9.10. The molecule has 1 unspecified atom stereocenters. The van der Waals surface area contributed by atoms with Crippen molar-refractivity contribution in [2.24, 2.45) is 0 Å². The molecule has 0 saturated carbocycles. The van der Waals surface area contributed by atoms with Crippen molar-refractivity contribution in [2.45, 2.75) is 12.5 Å². The number of hydrogen-bond donors (Lipinski definition) is 1. The zero-order chi connectivity index (χ0) is 22.4. The van der Waals surface area contributed by atoms with E-state index in [-0.39, 0.29) is 6.61 Å². The van der Waals surface area contributed by atoms with Crippen molar-refractivity contribution in [2.75, 3.05) is 11.9 Å². The van der Waals surface area contributed by atoms with Crippen LogP contribution in [-0.2, 0) is 15.1 Å². The molecule has 3 aromatic carbocycles. The molecule has 0 aliphatic carbocycles. The third-order valence-corrected chi connectivity index (χ3v) is 5.33. The number of esters is 1. The Bertz CT molecular complexity index is 1090. The molecule has 1 atom stereocenters. The van der Waals surface area contributed by atoms with Crippen LogP contribution in [-0.4, -0.2) is 12.6 Å². The summed E-state index contributed by atoms with van der Waals surface area (Å²) in [5.41, 5.74) is -0.926. The number of carbonyl (C=O) groups is 1. The van der Waals surface area contributed by atoms with Crippen LogP contribution in [0.2, 0.25) is 0 Å². The van der Waals surface area contributed by atoms with Crippen LogP contribution >= 0.6 is 15.9 Å². The summed E-state index contributed by atoms with van der Waals surface area (Å²) in [5.74, 6) is -4.43. The van der Waals surface area contributed by atoms with E-state index in [4.69, 9.17) is 4.74 Å². The van der Waals surface area contributed by atoms with Gasteiger partial charge in [0.15, 0.2) is 23.0 Å². The van der Waals surface area contributed by atoms with E-state index in [1.165, 1.54) is 6.08 Å². The van der Waals surface area contributed by atoms with Gasteiger partial charge < -0.3 is 10.1 Å². The van der Waals surface area contributed by atoms with Gasteiger partial charge in [0.25, 0.3) is 0 Å². The lowest BCUT2D eigenvalue weighted by molar-refractivity contribution is -0.147. The molecule has 0 amide bonds. The second-order valence-electron chi connectivity index (χ2n) is 6.61. The molecule has 0 heterocycles. The Morgan fingerprint density at radius 2 is 1.65 bits per heavy atom. The Kier molecular flexibility index (Phi) is 7.17. The van der Waals surface area contributed by atoms with Gasteiger partial charge in [-0.05, 0) is 40.1 Å². The first-order chi connectivity index (χ1) is 14.9. The number of benzene rings is 3. The molecule has 160 valence electrons. The highest BCUT2D eigenvalue weighted by atomic mass is 79.9. The van der Waals surface area contributed by atoms with E-state index in [1.54, 1.807) is 43.3 Å². The molecule has 0 radical (unpaired) electrons. The van der Waals surface area contributed by atoms with Crippen LogP contribution < -0.4 is 5.32 Å². The molecule has 3 rings (SSSR count). The predicted octanol–water partition coefficient (Wildman–Crippen LogP) is 6.45. The summed E-state index contributed by atoms with van der Waals surface area (Å²) in [7, 11) is 0. The minimum atomic E-state index is -1.72. The Balaban J connectivity index is 2.23. The summed E-state index contributed by atoms with van der Waals surface area (Å²) in [6.45, 7) is 1.71. The van der Waals surface area contributed by atoms with E-state index >= 15 is 0 Å². The van der Waals surface area contributed by atoms with Crippen molar-refractivity contribution in [3.8, 4) is 0 Å². The first kappa shape index (κ1) is 22.6. The van der Waals surface area contributed by atoms with Crippen molar-refractivity contribution in [3.05, 3.63) is 106 Å². The molecule has 0 bridgehead atoms. The number of anilines is 1. The van der Waals surface area contributed by atoms with Gasteiger partial charge in [-0.3, -0.25) is 0 Å². The lowest BCUT2D eigenvalue weighted by Gasteiger charge is -2.32. The van der Waals surface area contributed by atoms with E-state index < -0.39 is 39.1 Å². The van der Waals surface area contributed by atoms with Gasteiger partial charge in [0.2, 0.25) is 0 Å². The summed E-state index contributed by atoms with van der Waals surface area (Å²) in [6, 6.07) is 18.1. The zero-order valence-electron chi connectivity index (χ0n) is 16.5. The average molecular weight is 490 g/mol. The Morgan fingerprint density at radius 1 is 1.03 bits per heavy atom. The lowest BCUT2D eigenvalue weighted by atomic mass is 9.88. The number of ether oxygens (including phenoxy) is 1. The third kappa shape index (κ3) is 4.82. The van der Waals surface area contributed by atoms with Crippen LogP contribution in [0.1, 0.15) is 18.1 Å². The normalized spacial score (nSPS) is 13.1. The molecule has 3 nitrogen and oxygen atoms in total. The monoisotopic (exact) mass is 489 g/mol. The van der Waals surface area contributed by atoms with Crippen LogP contribution in [0.25, 0.3) is 6.08 Å². The third-order valence-electron chi connectivity index (χ3n) is 4.59. The molecule has 0 spiro atoms. The van der Waals surface area contributed by atoms with Crippen molar-refractivity contribution in [1.29, 1.82) is 0 Å². The van der Waals surface area contributed by atoms with Gasteiger partial charge in [-0.1, -0.05) is 66.7 Å². The van der Waals surface area contributed by atoms with Crippen molar-refractivity contribution >= 4 is 33.7 Å². The van der Waals surface area contributed by atoms with E-state index in [0.29, 0.717) is 11.6 Å². The van der Waals surface area contributed by atoms with Crippen LogP contribution in [0.3, 0.4) is 0 Å². The van der Waals surface area contributed by atoms with Gasteiger partial charge in [0.05, 0.1) is 16.8 Å². The molecular weight excluding hydrogens is 471 g/mol. The van der Waals surface area contributed by atoms with Gasteiger partial charge >= 0.3 is 5.97 Å². The predicted molar refractivity (Wildman–Crippen MR) is 118 cm³/mol. The Hall–Kier alpha value is -3.06. The van der Waals surface area contributed by atoms with Gasteiger partial charge in [0, 0.05) is 6.07 Å². The van der Waals surface area contributed by atoms with Gasteiger partial charge in [0.1, 0.15) is 0 Å². The molecule has 0 fully saturated rings. The molecular formula is C24H19BrF3NO2. The van der Waals surface area contributed by atoms with Crippen LogP contribution in [0.4, 0.5) is 18.9 Å². The minimum absolute atomic E-state index is 0.0652. The van der Waals surface area contributed by atoms with Crippen LogP contribution in [0.5, 0.6) is 0 Å². The number of halogens is 4. The fraction of sp³-hybridized carbons (Fsp3) is 0.125. The fourth-order valence-corrected chi connectivity index (χ4v) is 3.53. The molecule has 31 heavy (non-hydrogen) atoms. The van der Waals surface area contributed by atoms with Gasteiger partial charge in [-0.25, -0.2) is 18.0 Å². The lowest BCUT2D eigenvalue weighted by Crippen LogP contribution is -2.43. The van der Waals surface area contributed by atoms with Crippen molar-refractivity contribution in [3.63, 3.8) is 0 Å². The molecule has 3 aromatic rings. The maximum atomic E-state index is 14.7. The summed E-state index contributed by atoms with van der Waals surface area (Å²) in [5, 5.41) is 2.78. The SMILES string of the molecule is CCOC(=O)C(/C=C/c1ccccc1)(Nc1c(F)cc(F)c(F)c1Br)c1ccccc1. The van der Waals surface area contributed by atoms with Crippen LogP contribution in [0.15, 0.2) is 77.3 Å². The fourth-order valence-electron chi connectivity index (χ4n) is 3.06. The second-order valence-corrected chi connectivity index (χ2v) is 7.40. The average Bonchev–Trinajstić information content (AvgIpc) is 2.79. The van der Waals surface area contributed by atoms with Crippen molar-refractivity contribution < 1.29 is 22.7 Å². The Labute approximate surface area is 186 Å². The number of rotatable bonds is 7. The number of hydrogen-bond acceptors (Lipinski definition) is 3. The maximum Gasteiger partial charge on any atom is 0.340 e. The summed E-state index contributed by atoms with van der Waals surface area (Å²) in [6.07, 6.45) is 3.19. The van der Waals surface area contributed by atoms with Crippen molar-refractivity contribution in [1.82, 2.24) is 0 Å².